The van der Waals surface area contributed by atoms with Crippen LogP contribution in [0.25, 0.3) is 0 Å². The van der Waals surface area contributed by atoms with Gasteiger partial charge in [0.05, 0.1) is 0 Å². The van der Waals surface area contributed by atoms with E-state index in [0.29, 0.717) is 23.8 Å². The second-order valence-corrected chi connectivity index (χ2v) is 7.16. The Labute approximate surface area is 115 Å². The molecule has 0 saturated carbocycles. The van der Waals surface area contributed by atoms with Crippen molar-refractivity contribution < 1.29 is 4.79 Å². The number of hydrogen-bond donors (Lipinski definition) is 1. The van der Waals surface area contributed by atoms with Gasteiger partial charge in [0.15, 0.2) is 0 Å². The summed E-state index contributed by atoms with van der Waals surface area (Å²) in [4.78, 5) is 14.5. The van der Waals surface area contributed by atoms with E-state index in [1.807, 2.05) is 11.8 Å². The normalized spacial score (nSPS) is 33.4. The van der Waals surface area contributed by atoms with Crippen molar-refractivity contribution in [2.45, 2.75) is 45.6 Å². The molecule has 2 unspecified atom stereocenters. The molecule has 0 spiro atoms. The molecule has 1 N–H and O–H groups in total. The van der Waals surface area contributed by atoms with Crippen molar-refractivity contribution in [3.8, 4) is 0 Å². The van der Waals surface area contributed by atoms with E-state index in [1.165, 1.54) is 25.0 Å². The second-order valence-electron chi connectivity index (χ2n) is 6.01. The van der Waals surface area contributed by atoms with Crippen LogP contribution in [0.15, 0.2) is 0 Å². The van der Waals surface area contributed by atoms with E-state index in [0.717, 1.165) is 25.4 Å². The van der Waals surface area contributed by atoms with Gasteiger partial charge >= 0.3 is 0 Å². The lowest BCUT2D eigenvalue weighted by Gasteiger charge is -2.40. The van der Waals surface area contributed by atoms with Gasteiger partial charge < -0.3 is 10.2 Å². The van der Waals surface area contributed by atoms with E-state index in [2.05, 4.69) is 24.1 Å². The molecule has 1 amide bonds. The van der Waals surface area contributed by atoms with Crippen LogP contribution in [-0.2, 0) is 4.79 Å². The standard InChI is InChI=1S/C14H26N2OS/c1-3-14(2)5-4-7-16(11-14)13(17)9-12-10-18-8-6-15-12/h12,15H,3-11H2,1-2H3. The molecule has 4 heteroatoms. The van der Waals surface area contributed by atoms with Crippen molar-refractivity contribution in [3.63, 3.8) is 0 Å². The third-order valence-electron chi connectivity index (χ3n) is 4.41. The highest BCUT2D eigenvalue weighted by molar-refractivity contribution is 7.99. The Bertz CT molecular complexity index is 292. The highest BCUT2D eigenvalue weighted by Gasteiger charge is 2.32. The number of thioether (sulfide) groups is 1. The number of carbonyl (C=O) groups excluding carboxylic acids is 1. The van der Waals surface area contributed by atoms with Crippen molar-refractivity contribution >= 4 is 17.7 Å². The first-order valence-electron chi connectivity index (χ1n) is 7.22. The molecule has 2 aliphatic heterocycles. The summed E-state index contributed by atoms with van der Waals surface area (Å²) in [5, 5.41) is 3.46. The van der Waals surface area contributed by atoms with Crippen LogP contribution in [-0.4, -0.2) is 48.0 Å². The molecule has 0 bridgehead atoms. The summed E-state index contributed by atoms with van der Waals surface area (Å²) in [5.74, 6) is 2.63. The summed E-state index contributed by atoms with van der Waals surface area (Å²) in [7, 11) is 0. The average Bonchev–Trinajstić information content (AvgIpc) is 2.40. The minimum Gasteiger partial charge on any atom is -0.342 e. The topological polar surface area (TPSA) is 32.3 Å². The van der Waals surface area contributed by atoms with Crippen LogP contribution in [0, 0.1) is 5.41 Å². The monoisotopic (exact) mass is 270 g/mol. The van der Waals surface area contributed by atoms with Gasteiger partial charge in [0.1, 0.15) is 0 Å². The number of nitrogens with zero attached hydrogens (tertiary/aromatic N) is 1. The maximum Gasteiger partial charge on any atom is 0.224 e. The first-order chi connectivity index (χ1) is 8.63. The third-order valence-corrected chi connectivity index (χ3v) is 5.54. The molecule has 2 saturated heterocycles. The smallest absolute Gasteiger partial charge is 0.224 e. The number of amides is 1. The zero-order valence-electron chi connectivity index (χ0n) is 11.7. The van der Waals surface area contributed by atoms with Crippen molar-refractivity contribution in [1.29, 1.82) is 0 Å². The number of hydrogen-bond acceptors (Lipinski definition) is 3. The van der Waals surface area contributed by atoms with Crippen LogP contribution in [0.1, 0.15) is 39.5 Å². The van der Waals surface area contributed by atoms with Gasteiger partial charge in [-0.3, -0.25) is 4.79 Å². The van der Waals surface area contributed by atoms with E-state index in [-0.39, 0.29) is 0 Å². The molecule has 0 aromatic rings. The van der Waals surface area contributed by atoms with Gasteiger partial charge in [-0.05, 0) is 24.7 Å². The fourth-order valence-electron chi connectivity index (χ4n) is 2.91. The lowest BCUT2D eigenvalue weighted by molar-refractivity contribution is -0.135. The number of likely N-dealkylation sites (tertiary alicyclic amines) is 1. The molecule has 3 nitrogen and oxygen atoms in total. The molecule has 0 aliphatic carbocycles. The quantitative estimate of drug-likeness (QED) is 0.852. The second kappa shape index (κ2) is 6.29. The maximum atomic E-state index is 12.3. The Morgan fingerprint density at radius 3 is 3.06 bits per heavy atom. The molecule has 0 radical (unpaired) electrons. The lowest BCUT2D eigenvalue weighted by atomic mass is 9.79. The van der Waals surface area contributed by atoms with Gasteiger partial charge in [0, 0.05) is 43.6 Å². The van der Waals surface area contributed by atoms with Crippen molar-refractivity contribution in [2.24, 2.45) is 5.41 Å². The van der Waals surface area contributed by atoms with E-state index in [4.69, 9.17) is 0 Å². The minimum atomic E-state index is 0.350. The van der Waals surface area contributed by atoms with Gasteiger partial charge in [-0.2, -0.15) is 11.8 Å². The first kappa shape index (κ1) is 14.2. The number of nitrogens with one attached hydrogen (secondary N) is 1. The van der Waals surface area contributed by atoms with Crippen LogP contribution in [0.5, 0.6) is 0 Å². The predicted molar refractivity (Wildman–Crippen MR) is 77.9 cm³/mol. The lowest BCUT2D eigenvalue weighted by Crippen LogP contribution is -2.48. The Kier molecular flexibility index (Phi) is 4.96. The van der Waals surface area contributed by atoms with E-state index in [9.17, 15) is 4.79 Å². The summed E-state index contributed by atoms with van der Waals surface area (Å²) in [6.45, 7) is 7.54. The van der Waals surface area contributed by atoms with E-state index < -0.39 is 0 Å². The van der Waals surface area contributed by atoms with E-state index in [1.54, 1.807) is 0 Å². The van der Waals surface area contributed by atoms with Gasteiger partial charge in [0.2, 0.25) is 5.91 Å². The Balaban J connectivity index is 1.84. The predicted octanol–water partition coefficient (Wildman–Crippen LogP) is 2.12. The number of rotatable bonds is 3. The molecule has 2 aliphatic rings. The van der Waals surface area contributed by atoms with Crippen molar-refractivity contribution in [1.82, 2.24) is 10.2 Å². The summed E-state index contributed by atoms with van der Waals surface area (Å²) in [6, 6.07) is 0.394. The Morgan fingerprint density at radius 2 is 2.39 bits per heavy atom. The van der Waals surface area contributed by atoms with Gasteiger partial charge in [-0.15, -0.1) is 0 Å². The third kappa shape index (κ3) is 3.64. The molecular weight excluding hydrogens is 244 g/mol. The summed E-state index contributed by atoms with van der Waals surface area (Å²) < 4.78 is 0. The molecule has 2 fully saturated rings. The summed E-state index contributed by atoms with van der Waals surface area (Å²) >= 11 is 1.96. The summed E-state index contributed by atoms with van der Waals surface area (Å²) in [6.07, 6.45) is 4.30. The number of piperidine rings is 1. The van der Waals surface area contributed by atoms with Crippen molar-refractivity contribution in [3.05, 3.63) is 0 Å². The molecule has 0 aromatic carbocycles. The zero-order chi connectivity index (χ0) is 13.0. The highest BCUT2D eigenvalue weighted by atomic mass is 32.2. The minimum absolute atomic E-state index is 0.350. The van der Waals surface area contributed by atoms with Crippen LogP contribution in [0.4, 0.5) is 0 Å². The van der Waals surface area contributed by atoms with Crippen LogP contribution < -0.4 is 5.32 Å². The fourth-order valence-corrected chi connectivity index (χ4v) is 3.86. The molecule has 2 rings (SSSR count). The largest absolute Gasteiger partial charge is 0.342 e. The maximum absolute atomic E-state index is 12.3. The van der Waals surface area contributed by atoms with Gasteiger partial charge in [-0.25, -0.2) is 0 Å². The summed E-state index contributed by atoms with van der Waals surface area (Å²) in [5.41, 5.74) is 0.350. The highest BCUT2D eigenvalue weighted by Crippen LogP contribution is 2.32. The molecule has 2 atom stereocenters. The Morgan fingerprint density at radius 1 is 1.56 bits per heavy atom. The molecular formula is C14H26N2OS. The van der Waals surface area contributed by atoms with Gasteiger partial charge in [0.25, 0.3) is 0 Å². The molecule has 0 aromatic heterocycles. The number of carbonyl (C=O) groups is 1. The first-order valence-corrected chi connectivity index (χ1v) is 8.37. The molecule has 2 heterocycles. The van der Waals surface area contributed by atoms with Crippen molar-refractivity contribution in [2.75, 3.05) is 31.1 Å². The SMILES string of the molecule is CCC1(C)CCCN(C(=O)CC2CSCCN2)C1. The van der Waals surface area contributed by atoms with Crippen LogP contribution >= 0.6 is 11.8 Å². The van der Waals surface area contributed by atoms with Gasteiger partial charge in [-0.1, -0.05) is 13.8 Å². The van der Waals surface area contributed by atoms with E-state index >= 15 is 0 Å². The average molecular weight is 270 g/mol. The molecule has 104 valence electrons. The fraction of sp³-hybridized carbons (Fsp3) is 0.929. The molecule has 18 heavy (non-hydrogen) atoms. The zero-order valence-corrected chi connectivity index (χ0v) is 12.5. The Hall–Kier alpha value is -0.220. The van der Waals surface area contributed by atoms with Crippen LogP contribution in [0.2, 0.25) is 0 Å². The van der Waals surface area contributed by atoms with Crippen LogP contribution in [0.3, 0.4) is 0 Å².